The summed E-state index contributed by atoms with van der Waals surface area (Å²) in [6.45, 7) is 0. The molecule has 110 valence electrons. The number of alkyl halides is 3. The van der Waals surface area contributed by atoms with Gasteiger partial charge in [0.05, 0.1) is 12.7 Å². The van der Waals surface area contributed by atoms with Gasteiger partial charge in [-0.05, 0) is 23.8 Å². The molecule has 7 heteroatoms. The van der Waals surface area contributed by atoms with Crippen LogP contribution in [0, 0.1) is 0 Å². The molecule has 1 aromatic heterocycles. The first-order chi connectivity index (χ1) is 9.89. The van der Waals surface area contributed by atoms with Crippen molar-refractivity contribution in [3.05, 3.63) is 48.3 Å². The van der Waals surface area contributed by atoms with Crippen LogP contribution >= 0.6 is 0 Å². The lowest BCUT2D eigenvalue weighted by Crippen LogP contribution is -2.17. The first-order valence-corrected chi connectivity index (χ1v) is 5.78. The fourth-order valence-corrected chi connectivity index (χ4v) is 1.70. The van der Waals surface area contributed by atoms with Gasteiger partial charge in [0.25, 0.3) is 0 Å². The second-order valence-electron chi connectivity index (χ2n) is 4.03. The smallest absolute Gasteiger partial charge is 0.465 e. The van der Waals surface area contributed by atoms with E-state index >= 15 is 0 Å². The van der Waals surface area contributed by atoms with E-state index in [4.69, 9.17) is 0 Å². The molecule has 21 heavy (non-hydrogen) atoms. The van der Waals surface area contributed by atoms with E-state index in [0.29, 0.717) is 11.1 Å². The van der Waals surface area contributed by atoms with E-state index in [2.05, 4.69) is 14.5 Å². The summed E-state index contributed by atoms with van der Waals surface area (Å²) in [6.07, 6.45) is -2.02. The highest BCUT2D eigenvalue weighted by Gasteiger charge is 2.31. The van der Waals surface area contributed by atoms with E-state index in [9.17, 15) is 18.0 Å². The molecule has 0 fully saturated rings. The van der Waals surface area contributed by atoms with Crippen LogP contribution in [0.4, 0.5) is 13.2 Å². The third kappa shape index (κ3) is 3.95. The highest BCUT2D eigenvalue weighted by Crippen LogP contribution is 2.28. The van der Waals surface area contributed by atoms with Gasteiger partial charge < -0.3 is 9.47 Å². The minimum Gasteiger partial charge on any atom is -0.465 e. The Morgan fingerprint density at radius 2 is 1.90 bits per heavy atom. The van der Waals surface area contributed by atoms with Crippen LogP contribution in [0.3, 0.4) is 0 Å². The molecule has 0 saturated carbocycles. The molecule has 4 nitrogen and oxygen atoms in total. The number of benzene rings is 1. The van der Waals surface area contributed by atoms with E-state index < -0.39 is 12.3 Å². The van der Waals surface area contributed by atoms with Crippen LogP contribution in [-0.2, 0) is 4.74 Å². The number of carbonyl (C=O) groups excluding carboxylic acids is 1. The molecular formula is C14H10F3NO3. The number of hydrogen-bond donors (Lipinski definition) is 0. The van der Waals surface area contributed by atoms with Crippen LogP contribution in [0.15, 0.2) is 42.7 Å². The van der Waals surface area contributed by atoms with Crippen molar-refractivity contribution in [3.63, 3.8) is 0 Å². The summed E-state index contributed by atoms with van der Waals surface area (Å²) in [5, 5.41) is 0. The number of hydrogen-bond acceptors (Lipinski definition) is 4. The Balaban J connectivity index is 2.34. The number of esters is 1. The second-order valence-corrected chi connectivity index (χ2v) is 4.03. The molecule has 0 atom stereocenters. The van der Waals surface area contributed by atoms with E-state index in [0.717, 1.165) is 0 Å². The molecule has 0 saturated heterocycles. The molecule has 0 radical (unpaired) electrons. The highest BCUT2D eigenvalue weighted by atomic mass is 19.4. The van der Waals surface area contributed by atoms with Crippen LogP contribution in [-0.4, -0.2) is 24.4 Å². The van der Waals surface area contributed by atoms with Gasteiger partial charge in [0.1, 0.15) is 5.75 Å². The SMILES string of the molecule is COC(=O)c1cncc(-c2cccc(OC(F)(F)F)c2)c1. The topological polar surface area (TPSA) is 48.4 Å². The maximum Gasteiger partial charge on any atom is 0.573 e. The Kier molecular flexibility index (Phi) is 4.11. The maximum atomic E-state index is 12.2. The molecule has 0 aliphatic heterocycles. The molecule has 0 N–H and O–H groups in total. The Bertz CT molecular complexity index is 656. The van der Waals surface area contributed by atoms with Gasteiger partial charge in [-0.1, -0.05) is 12.1 Å². The largest absolute Gasteiger partial charge is 0.573 e. The molecule has 1 aromatic carbocycles. The van der Waals surface area contributed by atoms with Crippen molar-refractivity contribution < 1.29 is 27.4 Å². The number of carbonyl (C=O) groups is 1. The fourth-order valence-electron chi connectivity index (χ4n) is 1.70. The zero-order chi connectivity index (χ0) is 15.5. The van der Waals surface area contributed by atoms with Crippen molar-refractivity contribution in [1.82, 2.24) is 4.98 Å². The summed E-state index contributed by atoms with van der Waals surface area (Å²) < 4.78 is 45.0. The van der Waals surface area contributed by atoms with Crippen LogP contribution in [0.25, 0.3) is 11.1 Å². The predicted octanol–water partition coefficient (Wildman–Crippen LogP) is 3.43. The highest BCUT2D eigenvalue weighted by molar-refractivity contribution is 5.90. The zero-order valence-electron chi connectivity index (χ0n) is 10.8. The molecule has 0 bridgehead atoms. The number of pyridine rings is 1. The molecule has 2 aromatic rings. The van der Waals surface area contributed by atoms with Crippen LogP contribution in [0.5, 0.6) is 5.75 Å². The van der Waals surface area contributed by atoms with Crippen molar-refractivity contribution in [2.75, 3.05) is 7.11 Å². The number of rotatable bonds is 3. The molecule has 0 spiro atoms. The van der Waals surface area contributed by atoms with Gasteiger partial charge in [-0.2, -0.15) is 0 Å². The zero-order valence-corrected chi connectivity index (χ0v) is 10.8. The summed E-state index contributed by atoms with van der Waals surface area (Å²) in [5.41, 5.74) is 1.12. The van der Waals surface area contributed by atoms with Gasteiger partial charge in [0.15, 0.2) is 0 Å². The molecular weight excluding hydrogens is 287 g/mol. The fraction of sp³-hybridized carbons (Fsp3) is 0.143. The third-order valence-electron chi connectivity index (χ3n) is 2.56. The number of aromatic nitrogens is 1. The third-order valence-corrected chi connectivity index (χ3v) is 2.56. The molecule has 0 unspecified atom stereocenters. The van der Waals surface area contributed by atoms with Crippen LogP contribution in [0.1, 0.15) is 10.4 Å². The Morgan fingerprint density at radius 3 is 2.57 bits per heavy atom. The Labute approximate surface area is 118 Å². The minimum absolute atomic E-state index is 0.206. The quantitative estimate of drug-likeness (QED) is 0.814. The summed E-state index contributed by atoms with van der Waals surface area (Å²) in [4.78, 5) is 15.3. The summed E-state index contributed by atoms with van der Waals surface area (Å²) in [7, 11) is 1.23. The Hall–Kier alpha value is -2.57. The predicted molar refractivity (Wildman–Crippen MR) is 67.7 cm³/mol. The van der Waals surface area contributed by atoms with Crippen molar-refractivity contribution in [2.45, 2.75) is 6.36 Å². The lowest BCUT2D eigenvalue weighted by Gasteiger charge is -2.10. The lowest BCUT2D eigenvalue weighted by atomic mass is 10.1. The molecule has 0 amide bonds. The van der Waals surface area contributed by atoms with Gasteiger partial charge >= 0.3 is 12.3 Å². The van der Waals surface area contributed by atoms with E-state index in [-0.39, 0.29) is 11.3 Å². The normalized spacial score (nSPS) is 11.0. The number of ether oxygens (including phenoxy) is 2. The number of nitrogens with zero attached hydrogens (tertiary/aromatic N) is 1. The average molecular weight is 297 g/mol. The standard InChI is InChI=1S/C14H10F3NO3/c1-20-13(19)11-5-10(7-18-8-11)9-3-2-4-12(6-9)21-14(15,16)17/h2-8H,1H3. The second kappa shape index (κ2) is 5.82. The van der Waals surface area contributed by atoms with Gasteiger partial charge in [-0.3, -0.25) is 4.98 Å². The maximum absolute atomic E-state index is 12.2. The van der Waals surface area contributed by atoms with Gasteiger partial charge in [-0.15, -0.1) is 13.2 Å². The van der Waals surface area contributed by atoms with Gasteiger partial charge in [0, 0.05) is 18.0 Å². The van der Waals surface area contributed by atoms with Crippen LogP contribution in [0.2, 0.25) is 0 Å². The lowest BCUT2D eigenvalue weighted by molar-refractivity contribution is -0.274. The first-order valence-electron chi connectivity index (χ1n) is 5.78. The van der Waals surface area contributed by atoms with Gasteiger partial charge in [-0.25, -0.2) is 4.79 Å². The van der Waals surface area contributed by atoms with Crippen molar-refractivity contribution in [3.8, 4) is 16.9 Å². The monoisotopic (exact) mass is 297 g/mol. The van der Waals surface area contributed by atoms with E-state index in [1.165, 1.54) is 43.8 Å². The minimum atomic E-state index is -4.76. The summed E-state index contributed by atoms with van der Waals surface area (Å²) >= 11 is 0. The van der Waals surface area contributed by atoms with Crippen molar-refractivity contribution in [2.24, 2.45) is 0 Å². The van der Waals surface area contributed by atoms with E-state index in [1.807, 2.05) is 0 Å². The van der Waals surface area contributed by atoms with Gasteiger partial charge in [0.2, 0.25) is 0 Å². The molecule has 0 aliphatic carbocycles. The Morgan fingerprint density at radius 1 is 1.14 bits per heavy atom. The van der Waals surface area contributed by atoms with E-state index in [1.54, 1.807) is 6.07 Å². The van der Waals surface area contributed by atoms with Crippen molar-refractivity contribution >= 4 is 5.97 Å². The van der Waals surface area contributed by atoms with Crippen LogP contribution < -0.4 is 4.74 Å². The van der Waals surface area contributed by atoms with Crippen molar-refractivity contribution in [1.29, 1.82) is 0 Å². The first kappa shape index (κ1) is 14.8. The summed E-state index contributed by atoms with van der Waals surface area (Å²) in [6, 6.07) is 6.88. The molecule has 0 aliphatic rings. The molecule has 1 heterocycles. The molecule has 2 rings (SSSR count). The summed E-state index contributed by atoms with van der Waals surface area (Å²) in [5.74, 6) is -0.921. The number of halogens is 3. The average Bonchev–Trinajstić information content (AvgIpc) is 2.45. The number of methoxy groups -OCH3 is 1.